The molecule has 0 aromatic rings. The van der Waals surface area contributed by atoms with E-state index in [0.29, 0.717) is 0 Å². The van der Waals surface area contributed by atoms with Gasteiger partial charge in [-0.25, -0.2) is 0 Å². The van der Waals surface area contributed by atoms with Gasteiger partial charge < -0.3 is 5.41 Å². The van der Waals surface area contributed by atoms with E-state index in [-0.39, 0.29) is 5.71 Å². The van der Waals surface area contributed by atoms with Crippen LogP contribution in [0.2, 0.25) is 0 Å². The second-order valence-electron chi connectivity index (χ2n) is 3.14. The molecule has 1 N–H and O–H groups in total. The van der Waals surface area contributed by atoms with E-state index in [4.69, 9.17) is 9.59 Å². The topological polar surface area (TPSA) is 67.2 Å². The molecule has 0 bridgehead atoms. The molecule has 0 radical (unpaired) electrons. The summed E-state index contributed by atoms with van der Waals surface area (Å²) < 4.78 is 26.8. The van der Waals surface area contributed by atoms with Gasteiger partial charge in [-0.05, 0) is 20.8 Å². The zero-order valence-corrected chi connectivity index (χ0v) is 7.53. The fraction of sp³-hybridized carbons (Fsp3) is 0.833. The molecular formula is C6H11NO3S. The van der Waals surface area contributed by atoms with E-state index in [1.54, 1.807) is 13.8 Å². The quantitative estimate of drug-likeness (QED) is 0.549. The number of hydrogen-bond acceptors (Lipinski definition) is 4. The van der Waals surface area contributed by atoms with E-state index in [9.17, 15) is 8.42 Å². The van der Waals surface area contributed by atoms with Gasteiger partial charge in [0.05, 0.1) is 5.71 Å². The molecule has 0 aromatic carbocycles. The summed E-state index contributed by atoms with van der Waals surface area (Å²) in [7, 11) is -3.51. The Bertz CT molecular complexity index is 291. The molecule has 11 heavy (non-hydrogen) atoms. The lowest BCUT2D eigenvalue weighted by Gasteiger charge is -2.13. The van der Waals surface area contributed by atoms with Gasteiger partial charge in [-0.15, -0.1) is 0 Å². The monoisotopic (exact) mass is 177 g/mol. The Labute approximate surface area is 66.2 Å². The minimum atomic E-state index is -3.51. The highest BCUT2D eigenvalue weighted by Gasteiger charge is 2.47. The van der Waals surface area contributed by atoms with Crippen LogP contribution in [-0.2, 0) is 14.3 Å². The number of hydrogen-bond donors (Lipinski definition) is 1. The first kappa shape index (κ1) is 8.67. The summed E-state index contributed by atoms with van der Waals surface area (Å²) in [5, 5.41) is 6.61. The summed E-state index contributed by atoms with van der Waals surface area (Å²) in [6.07, 6.45) is 0. The normalized spacial score (nSPS) is 34.1. The van der Waals surface area contributed by atoms with Crippen LogP contribution in [0.5, 0.6) is 0 Å². The predicted molar refractivity (Wildman–Crippen MR) is 41.3 cm³/mol. The van der Waals surface area contributed by atoms with Gasteiger partial charge in [-0.2, -0.15) is 8.42 Å². The molecule has 4 nitrogen and oxygen atoms in total. The largest absolute Gasteiger partial charge is 0.305 e. The van der Waals surface area contributed by atoms with E-state index in [1.165, 1.54) is 6.92 Å². The molecule has 1 fully saturated rings. The maximum absolute atomic E-state index is 11.0. The standard InChI is InChI=1S/C6H11NO3S/c1-4-5(7)6(2,3)10-11(4,8)9/h4,7H,1-3H3. The van der Waals surface area contributed by atoms with Gasteiger partial charge in [0.25, 0.3) is 10.1 Å². The second kappa shape index (κ2) is 2.04. The van der Waals surface area contributed by atoms with Crippen molar-refractivity contribution in [2.75, 3.05) is 0 Å². The number of rotatable bonds is 0. The minimum Gasteiger partial charge on any atom is -0.305 e. The molecule has 64 valence electrons. The zero-order valence-electron chi connectivity index (χ0n) is 6.71. The SMILES string of the molecule is CC1C(=N)C(C)(C)OS1(=O)=O. The summed E-state index contributed by atoms with van der Waals surface area (Å²) in [4.78, 5) is 0. The van der Waals surface area contributed by atoms with Crippen molar-refractivity contribution >= 4 is 15.8 Å². The first-order chi connectivity index (χ1) is 4.77. The summed E-state index contributed by atoms with van der Waals surface area (Å²) in [6.45, 7) is 4.62. The molecule has 0 saturated carbocycles. The Hall–Kier alpha value is -0.420. The maximum atomic E-state index is 11.0. The van der Waals surface area contributed by atoms with Crippen LogP contribution in [0.25, 0.3) is 0 Å². The third-order valence-corrected chi connectivity index (χ3v) is 3.56. The van der Waals surface area contributed by atoms with Gasteiger partial charge in [-0.3, -0.25) is 4.18 Å². The van der Waals surface area contributed by atoms with Crippen LogP contribution in [0.15, 0.2) is 0 Å². The van der Waals surface area contributed by atoms with Gasteiger partial charge in [0, 0.05) is 0 Å². The Morgan fingerprint density at radius 2 is 2.00 bits per heavy atom. The Balaban J connectivity index is 3.16. The highest BCUT2D eigenvalue weighted by Crippen LogP contribution is 2.28. The molecule has 0 aliphatic carbocycles. The zero-order chi connectivity index (χ0) is 8.86. The molecule has 0 spiro atoms. The first-order valence-corrected chi connectivity index (χ1v) is 4.78. The summed E-state index contributed by atoms with van der Waals surface area (Å²) >= 11 is 0. The van der Waals surface area contributed by atoms with Crippen LogP contribution >= 0.6 is 0 Å². The Kier molecular flexibility index (Phi) is 1.61. The average Bonchev–Trinajstić information content (AvgIpc) is 1.91. The van der Waals surface area contributed by atoms with Crippen molar-refractivity contribution in [3.05, 3.63) is 0 Å². The lowest BCUT2D eigenvalue weighted by molar-refractivity contribution is 0.205. The molecule has 1 saturated heterocycles. The molecule has 0 amide bonds. The molecule has 1 heterocycles. The molecule has 1 rings (SSSR count). The Morgan fingerprint density at radius 1 is 1.55 bits per heavy atom. The first-order valence-electron chi connectivity index (χ1n) is 3.31. The molecule has 5 heteroatoms. The van der Waals surface area contributed by atoms with Crippen LogP contribution in [0.4, 0.5) is 0 Å². The van der Waals surface area contributed by atoms with E-state index in [0.717, 1.165) is 0 Å². The smallest absolute Gasteiger partial charge is 0.276 e. The van der Waals surface area contributed by atoms with Gasteiger partial charge in [0.2, 0.25) is 0 Å². The van der Waals surface area contributed by atoms with E-state index in [1.807, 2.05) is 0 Å². The highest BCUT2D eigenvalue weighted by molar-refractivity contribution is 7.88. The summed E-state index contributed by atoms with van der Waals surface area (Å²) in [5.74, 6) is 0. The van der Waals surface area contributed by atoms with Crippen LogP contribution < -0.4 is 0 Å². The molecule has 1 aliphatic heterocycles. The molecular weight excluding hydrogens is 166 g/mol. The van der Waals surface area contributed by atoms with Crippen molar-refractivity contribution in [2.45, 2.75) is 31.6 Å². The Morgan fingerprint density at radius 3 is 2.09 bits per heavy atom. The predicted octanol–water partition coefficient (Wildman–Crippen LogP) is 0.533. The fourth-order valence-electron chi connectivity index (χ4n) is 1.04. The van der Waals surface area contributed by atoms with Crippen molar-refractivity contribution < 1.29 is 12.6 Å². The van der Waals surface area contributed by atoms with Crippen LogP contribution in [0.1, 0.15) is 20.8 Å². The second-order valence-corrected chi connectivity index (χ2v) is 5.00. The maximum Gasteiger partial charge on any atom is 0.276 e. The third-order valence-electron chi connectivity index (χ3n) is 1.81. The van der Waals surface area contributed by atoms with E-state index in [2.05, 4.69) is 0 Å². The van der Waals surface area contributed by atoms with Crippen LogP contribution in [0, 0.1) is 5.41 Å². The molecule has 0 aromatic heterocycles. The van der Waals surface area contributed by atoms with E-state index < -0.39 is 21.0 Å². The van der Waals surface area contributed by atoms with Crippen molar-refractivity contribution in [2.24, 2.45) is 0 Å². The third kappa shape index (κ3) is 1.18. The summed E-state index contributed by atoms with van der Waals surface area (Å²) in [5.41, 5.74) is -0.823. The fourth-order valence-corrected chi connectivity index (χ4v) is 2.43. The van der Waals surface area contributed by atoms with Crippen molar-refractivity contribution in [1.82, 2.24) is 0 Å². The van der Waals surface area contributed by atoms with Gasteiger partial charge in [-0.1, -0.05) is 0 Å². The van der Waals surface area contributed by atoms with Crippen molar-refractivity contribution in [1.29, 1.82) is 5.41 Å². The lowest BCUT2D eigenvalue weighted by atomic mass is 10.0. The molecule has 1 unspecified atom stereocenters. The van der Waals surface area contributed by atoms with Crippen LogP contribution in [0.3, 0.4) is 0 Å². The van der Waals surface area contributed by atoms with Gasteiger partial charge >= 0.3 is 0 Å². The molecule has 1 aliphatic rings. The summed E-state index contributed by atoms with van der Waals surface area (Å²) in [6, 6.07) is 0. The number of nitrogens with one attached hydrogen (secondary N) is 1. The van der Waals surface area contributed by atoms with Crippen LogP contribution in [-0.4, -0.2) is 25.0 Å². The van der Waals surface area contributed by atoms with Crippen molar-refractivity contribution in [3.8, 4) is 0 Å². The lowest BCUT2D eigenvalue weighted by Crippen LogP contribution is -2.30. The van der Waals surface area contributed by atoms with Gasteiger partial charge in [0.1, 0.15) is 10.9 Å². The van der Waals surface area contributed by atoms with Gasteiger partial charge in [0.15, 0.2) is 0 Å². The average molecular weight is 177 g/mol. The van der Waals surface area contributed by atoms with E-state index >= 15 is 0 Å². The molecule has 1 atom stereocenters. The van der Waals surface area contributed by atoms with Crippen molar-refractivity contribution in [3.63, 3.8) is 0 Å². The highest BCUT2D eigenvalue weighted by atomic mass is 32.2. The minimum absolute atomic E-state index is 0.123.